The summed E-state index contributed by atoms with van der Waals surface area (Å²) >= 11 is 5.05. The van der Waals surface area contributed by atoms with Crippen LogP contribution in [0.5, 0.6) is 5.75 Å². The van der Waals surface area contributed by atoms with E-state index < -0.39 is 6.10 Å². The van der Waals surface area contributed by atoms with E-state index in [0.29, 0.717) is 5.75 Å². The second kappa shape index (κ2) is 7.70. The molecule has 0 aliphatic rings. The highest BCUT2D eigenvalue weighted by molar-refractivity contribution is 9.10. The zero-order valence-electron chi connectivity index (χ0n) is 12.7. The predicted molar refractivity (Wildman–Crippen MR) is 95.8 cm³/mol. The number of rotatable bonds is 5. The van der Waals surface area contributed by atoms with E-state index in [2.05, 4.69) is 21.2 Å². The summed E-state index contributed by atoms with van der Waals surface area (Å²) in [6.45, 7) is 3.74. The lowest BCUT2D eigenvalue weighted by Gasteiger charge is -2.17. The molecule has 0 fully saturated rings. The molecule has 0 spiro atoms. The van der Waals surface area contributed by atoms with E-state index in [1.54, 1.807) is 18.7 Å². The topological polar surface area (TPSA) is 38.3 Å². The number of amides is 1. The largest absolute Gasteiger partial charge is 0.480 e. The summed E-state index contributed by atoms with van der Waals surface area (Å²) in [5.74, 6) is 0.486. The Morgan fingerprint density at radius 1 is 1.27 bits per heavy atom. The molecule has 2 rings (SSSR count). The first-order valence-corrected chi connectivity index (χ1v) is 8.89. The van der Waals surface area contributed by atoms with Crippen LogP contribution in [0.3, 0.4) is 0 Å². The Balaban J connectivity index is 2.06. The first-order valence-electron chi connectivity index (χ1n) is 6.88. The maximum atomic E-state index is 12.3. The van der Waals surface area contributed by atoms with Gasteiger partial charge in [0.15, 0.2) is 6.10 Å². The van der Waals surface area contributed by atoms with Crippen molar-refractivity contribution in [3.8, 4) is 5.75 Å². The van der Waals surface area contributed by atoms with Crippen molar-refractivity contribution in [2.45, 2.75) is 24.8 Å². The summed E-state index contributed by atoms with van der Waals surface area (Å²) in [7, 11) is 0. The molecule has 0 aliphatic heterocycles. The van der Waals surface area contributed by atoms with E-state index in [-0.39, 0.29) is 5.91 Å². The quantitative estimate of drug-likeness (QED) is 0.751. The van der Waals surface area contributed by atoms with E-state index in [1.165, 1.54) is 0 Å². The number of ether oxygens (including phenoxy) is 1. The van der Waals surface area contributed by atoms with Gasteiger partial charge in [0, 0.05) is 4.90 Å². The number of carbonyl (C=O) groups is 1. The van der Waals surface area contributed by atoms with Gasteiger partial charge in [-0.25, -0.2) is 0 Å². The molecule has 2 aromatic carbocycles. The van der Waals surface area contributed by atoms with Gasteiger partial charge in [0.05, 0.1) is 10.2 Å². The van der Waals surface area contributed by atoms with Gasteiger partial charge in [0.25, 0.3) is 5.91 Å². The van der Waals surface area contributed by atoms with Gasteiger partial charge in [-0.2, -0.15) is 0 Å². The number of anilines is 1. The van der Waals surface area contributed by atoms with Crippen molar-refractivity contribution in [3.63, 3.8) is 0 Å². The van der Waals surface area contributed by atoms with Crippen molar-refractivity contribution in [1.29, 1.82) is 0 Å². The van der Waals surface area contributed by atoms with Crippen molar-refractivity contribution in [2.75, 3.05) is 11.6 Å². The zero-order chi connectivity index (χ0) is 16.1. The van der Waals surface area contributed by atoms with Crippen LogP contribution in [0.25, 0.3) is 0 Å². The Bertz CT molecular complexity index is 675. The summed E-state index contributed by atoms with van der Waals surface area (Å²) in [6, 6.07) is 13.5. The van der Waals surface area contributed by atoms with Gasteiger partial charge in [0.1, 0.15) is 5.75 Å². The van der Waals surface area contributed by atoms with E-state index in [9.17, 15) is 4.79 Å². The van der Waals surface area contributed by atoms with Gasteiger partial charge in [-0.3, -0.25) is 4.79 Å². The van der Waals surface area contributed by atoms with Gasteiger partial charge in [-0.05, 0) is 65.9 Å². The van der Waals surface area contributed by atoms with Gasteiger partial charge >= 0.3 is 0 Å². The minimum absolute atomic E-state index is 0.172. The van der Waals surface area contributed by atoms with Gasteiger partial charge < -0.3 is 10.1 Å². The molecule has 0 heterocycles. The second-order valence-corrected chi connectivity index (χ2v) is 6.59. The molecule has 3 nitrogen and oxygen atoms in total. The molecular weight excluding hydrogens is 362 g/mol. The number of halogens is 1. The SMILES string of the molecule is CSc1ccccc1NC(=O)C(C)Oc1ccc(C)cc1Br. The van der Waals surface area contributed by atoms with E-state index >= 15 is 0 Å². The molecule has 1 N–H and O–H groups in total. The van der Waals surface area contributed by atoms with Crippen LogP contribution in [-0.4, -0.2) is 18.3 Å². The summed E-state index contributed by atoms with van der Waals surface area (Å²) in [5.41, 5.74) is 1.93. The van der Waals surface area contributed by atoms with Crippen molar-refractivity contribution >= 4 is 39.3 Å². The lowest BCUT2D eigenvalue weighted by Crippen LogP contribution is -2.30. The minimum atomic E-state index is -0.589. The highest BCUT2D eigenvalue weighted by atomic mass is 79.9. The first-order chi connectivity index (χ1) is 10.5. The van der Waals surface area contributed by atoms with E-state index in [1.807, 2.05) is 55.6 Å². The molecule has 0 aromatic heterocycles. The smallest absolute Gasteiger partial charge is 0.265 e. The minimum Gasteiger partial charge on any atom is -0.480 e. The molecule has 116 valence electrons. The Morgan fingerprint density at radius 2 is 2.00 bits per heavy atom. The fourth-order valence-electron chi connectivity index (χ4n) is 1.93. The number of hydrogen-bond acceptors (Lipinski definition) is 3. The molecule has 22 heavy (non-hydrogen) atoms. The first kappa shape index (κ1) is 16.9. The van der Waals surface area contributed by atoms with Crippen LogP contribution in [0.15, 0.2) is 51.8 Å². The van der Waals surface area contributed by atoms with Crippen LogP contribution in [0.2, 0.25) is 0 Å². The number of thioether (sulfide) groups is 1. The van der Waals surface area contributed by atoms with Crippen molar-refractivity contribution in [1.82, 2.24) is 0 Å². The molecule has 0 saturated carbocycles. The molecule has 0 aliphatic carbocycles. The van der Waals surface area contributed by atoms with Crippen LogP contribution in [-0.2, 0) is 4.79 Å². The molecule has 0 bridgehead atoms. The standard InChI is InChI=1S/C17H18BrNO2S/c1-11-8-9-15(13(18)10-11)21-12(2)17(20)19-14-6-4-5-7-16(14)22-3/h4-10,12H,1-3H3,(H,19,20). The summed E-state index contributed by atoms with van der Waals surface area (Å²) in [5, 5.41) is 2.91. The third-order valence-electron chi connectivity index (χ3n) is 3.13. The number of benzene rings is 2. The highest BCUT2D eigenvalue weighted by Crippen LogP contribution is 2.28. The lowest BCUT2D eigenvalue weighted by atomic mass is 10.2. The van der Waals surface area contributed by atoms with Crippen LogP contribution in [0.4, 0.5) is 5.69 Å². The van der Waals surface area contributed by atoms with Gasteiger partial charge in [-0.15, -0.1) is 11.8 Å². The summed E-state index contributed by atoms with van der Waals surface area (Å²) < 4.78 is 6.59. The predicted octanol–water partition coefficient (Wildman–Crippen LogP) is 4.89. The number of hydrogen-bond donors (Lipinski definition) is 1. The molecule has 0 saturated heterocycles. The maximum Gasteiger partial charge on any atom is 0.265 e. The Labute approximate surface area is 143 Å². The number of nitrogens with one attached hydrogen (secondary N) is 1. The average molecular weight is 380 g/mol. The zero-order valence-corrected chi connectivity index (χ0v) is 15.1. The Hall–Kier alpha value is -1.46. The van der Waals surface area contributed by atoms with Crippen LogP contribution < -0.4 is 10.1 Å². The van der Waals surface area contributed by atoms with E-state index in [0.717, 1.165) is 20.6 Å². The summed E-state index contributed by atoms with van der Waals surface area (Å²) in [6.07, 6.45) is 1.39. The molecule has 2 aromatic rings. The molecule has 1 unspecified atom stereocenters. The van der Waals surface area contributed by atoms with Gasteiger partial charge in [-0.1, -0.05) is 18.2 Å². The molecule has 1 amide bonds. The molecule has 5 heteroatoms. The third kappa shape index (κ3) is 4.27. The van der Waals surface area contributed by atoms with Crippen LogP contribution in [0.1, 0.15) is 12.5 Å². The van der Waals surface area contributed by atoms with Crippen molar-refractivity contribution in [2.24, 2.45) is 0 Å². The molecular formula is C17H18BrNO2S. The summed E-state index contributed by atoms with van der Waals surface area (Å²) in [4.78, 5) is 13.3. The lowest BCUT2D eigenvalue weighted by molar-refractivity contribution is -0.122. The number of carbonyl (C=O) groups excluding carboxylic acids is 1. The average Bonchev–Trinajstić information content (AvgIpc) is 2.50. The van der Waals surface area contributed by atoms with Crippen molar-refractivity contribution in [3.05, 3.63) is 52.5 Å². The number of aryl methyl sites for hydroxylation is 1. The normalized spacial score (nSPS) is 11.8. The highest BCUT2D eigenvalue weighted by Gasteiger charge is 2.17. The van der Waals surface area contributed by atoms with Crippen LogP contribution >= 0.6 is 27.7 Å². The third-order valence-corrected chi connectivity index (χ3v) is 4.54. The second-order valence-electron chi connectivity index (χ2n) is 4.88. The fraction of sp³-hybridized carbons (Fsp3) is 0.235. The number of para-hydroxylation sites is 1. The Morgan fingerprint density at radius 3 is 2.68 bits per heavy atom. The molecule has 1 atom stereocenters. The van der Waals surface area contributed by atoms with Gasteiger partial charge in [0.2, 0.25) is 0 Å². The Kier molecular flexibility index (Phi) is 5.91. The van der Waals surface area contributed by atoms with Crippen molar-refractivity contribution < 1.29 is 9.53 Å². The monoisotopic (exact) mass is 379 g/mol. The fourth-order valence-corrected chi connectivity index (χ4v) is 3.07. The molecule has 0 radical (unpaired) electrons. The maximum absolute atomic E-state index is 12.3. The van der Waals surface area contributed by atoms with Crippen LogP contribution in [0, 0.1) is 6.92 Å². The van der Waals surface area contributed by atoms with E-state index in [4.69, 9.17) is 4.74 Å².